The summed E-state index contributed by atoms with van der Waals surface area (Å²) >= 11 is 0. The Balaban J connectivity index is 2.86. The smallest absolute Gasteiger partial charge is 0.120 e. The number of hydrogen-bond donors (Lipinski definition) is 1. The Morgan fingerprint density at radius 2 is 1.48 bits per heavy atom. The maximum absolute atomic E-state index is 10.2. The molecule has 0 radical (unpaired) electrons. The first-order chi connectivity index (χ1) is 9.81. The highest BCUT2D eigenvalue weighted by Gasteiger charge is 2.19. The molecule has 1 N–H and O–H groups in total. The molecule has 0 fully saturated rings. The van der Waals surface area contributed by atoms with Gasteiger partial charge in [-0.05, 0) is 57.7 Å². The normalized spacial score (nSPS) is 13.4. The van der Waals surface area contributed by atoms with Crippen molar-refractivity contribution in [3.05, 3.63) is 29.3 Å². The minimum Gasteiger partial charge on any atom is -0.508 e. The fourth-order valence-corrected chi connectivity index (χ4v) is 2.55. The van der Waals surface area contributed by atoms with Gasteiger partial charge in [-0.15, -0.1) is 0 Å². The van der Waals surface area contributed by atoms with Crippen molar-refractivity contribution in [2.45, 2.75) is 60.4 Å². The lowest BCUT2D eigenvalue weighted by atomic mass is 10.0. The first-order valence-corrected chi connectivity index (χ1v) is 8.34. The van der Waals surface area contributed by atoms with Crippen molar-refractivity contribution in [2.24, 2.45) is 11.8 Å². The SMILES string of the molecule is Cc1ccc(O)c(C(C)N(CCC(C)C)CCC(C)C)c1. The third-order valence-corrected chi connectivity index (χ3v) is 4.17. The lowest BCUT2D eigenvalue weighted by Crippen LogP contribution is -2.30. The van der Waals surface area contributed by atoms with Crippen molar-refractivity contribution >= 4 is 0 Å². The molecule has 1 unspecified atom stereocenters. The maximum Gasteiger partial charge on any atom is 0.120 e. The molecule has 0 bridgehead atoms. The van der Waals surface area contributed by atoms with Crippen LogP contribution >= 0.6 is 0 Å². The Morgan fingerprint density at radius 3 is 1.95 bits per heavy atom. The number of benzene rings is 1. The van der Waals surface area contributed by atoms with Crippen molar-refractivity contribution in [2.75, 3.05) is 13.1 Å². The minimum atomic E-state index is 0.266. The largest absolute Gasteiger partial charge is 0.508 e. The highest BCUT2D eigenvalue weighted by molar-refractivity contribution is 5.37. The Morgan fingerprint density at radius 1 is 0.952 bits per heavy atom. The van der Waals surface area contributed by atoms with E-state index >= 15 is 0 Å². The summed E-state index contributed by atoms with van der Waals surface area (Å²) in [7, 11) is 0. The van der Waals surface area contributed by atoms with Crippen LogP contribution in [0.1, 0.15) is 64.6 Å². The van der Waals surface area contributed by atoms with Gasteiger partial charge in [-0.2, -0.15) is 0 Å². The minimum absolute atomic E-state index is 0.266. The van der Waals surface area contributed by atoms with E-state index in [0.29, 0.717) is 17.6 Å². The molecule has 0 amide bonds. The van der Waals surface area contributed by atoms with Gasteiger partial charge < -0.3 is 5.11 Å². The molecule has 1 atom stereocenters. The molecule has 2 nitrogen and oxygen atoms in total. The van der Waals surface area contributed by atoms with Crippen LogP contribution in [-0.2, 0) is 0 Å². The third-order valence-electron chi connectivity index (χ3n) is 4.17. The molecule has 0 aliphatic carbocycles. The van der Waals surface area contributed by atoms with E-state index in [9.17, 15) is 5.11 Å². The van der Waals surface area contributed by atoms with Gasteiger partial charge in [0.05, 0.1) is 0 Å². The van der Waals surface area contributed by atoms with Crippen molar-refractivity contribution in [1.29, 1.82) is 0 Å². The summed E-state index contributed by atoms with van der Waals surface area (Å²) in [4.78, 5) is 2.52. The predicted octanol–water partition coefficient (Wildman–Crippen LogP) is 5.16. The highest BCUT2D eigenvalue weighted by Crippen LogP contribution is 2.30. The number of nitrogens with zero attached hydrogens (tertiary/aromatic N) is 1. The lowest BCUT2D eigenvalue weighted by Gasteiger charge is -2.31. The zero-order valence-corrected chi connectivity index (χ0v) is 14.7. The van der Waals surface area contributed by atoms with E-state index in [1.165, 1.54) is 18.4 Å². The Labute approximate surface area is 131 Å². The average molecular weight is 291 g/mol. The van der Waals surface area contributed by atoms with Crippen LogP contribution in [0.3, 0.4) is 0 Å². The predicted molar refractivity (Wildman–Crippen MR) is 91.7 cm³/mol. The molecule has 0 aromatic heterocycles. The van der Waals surface area contributed by atoms with Gasteiger partial charge in [0.1, 0.15) is 5.75 Å². The molecule has 1 aromatic carbocycles. The first kappa shape index (κ1) is 18.0. The van der Waals surface area contributed by atoms with Crippen LogP contribution in [-0.4, -0.2) is 23.1 Å². The molecule has 0 saturated heterocycles. The second-order valence-corrected chi connectivity index (χ2v) is 7.14. The topological polar surface area (TPSA) is 23.5 Å². The molecule has 0 heterocycles. The zero-order chi connectivity index (χ0) is 16.0. The van der Waals surface area contributed by atoms with Gasteiger partial charge in [0, 0.05) is 11.6 Å². The summed E-state index contributed by atoms with van der Waals surface area (Å²) in [5.41, 5.74) is 2.27. The lowest BCUT2D eigenvalue weighted by molar-refractivity contribution is 0.186. The van der Waals surface area contributed by atoms with Gasteiger partial charge >= 0.3 is 0 Å². The molecule has 1 rings (SSSR count). The quantitative estimate of drug-likeness (QED) is 0.715. The summed E-state index contributed by atoms with van der Waals surface area (Å²) in [5, 5.41) is 10.2. The van der Waals surface area contributed by atoms with Crippen LogP contribution in [0.25, 0.3) is 0 Å². The van der Waals surface area contributed by atoms with Gasteiger partial charge in [0.25, 0.3) is 0 Å². The first-order valence-electron chi connectivity index (χ1n) is 8.34. The maximum atomic E-state index is 10.2. The number of phenolic OH excluding ortho intramolecular Hbond substituents is 1. The number of hydrogen-bond acceptors (Lipinski definition) is 2. The molecule has 0 saturated carbocycles. The molecule has 120 valence electrons. The number of phenols is 1. The monoisotopic (exact) mass is 291 g/mol. The van der Waals surface area contributed by atoms with Crippen molar-refractivity contribution in [3.8, 4) is 5.75 Å². The van der Waals surface area contributed by atoms with Crippen LogP contribution in [0.2, 0.25) is 0 Å². The fourth-order valence-electron chi connectivity index (χ4n) is 2.55. The van der Waals surface area contributed by atoms with Gasteiger partial charge in [-0.3, -0.25) is 4.90 Å². The number of rotatable bonds is 8. The van der Waals surface area contributed by atoms with Crippen LogP contribution in [0.4, 0.5) is 0 Å². The van der Waals surface area contributed by atoms with E-state index in [1.54, 1.807) is 0 Å². The Hall–Kier alpha value is -1.02. The Kier molecular flexibility index (Phi) is 7.24. The van der Waals surface area contributed by atoms with E-state index in [4.69, 9.17) is 0 Å². The van der Waals surface area contributed by atoms with E-state index in [1.807, 2.05) is 12.1 Å². The molecule has 21 heavy (non-hydrogen) atoms. The fraction of sp³-hybridized carbons (Fsp3) is 0.684. The standard InChI is InChI=1S/C19H33NO/c1-14(2)9-11-20(12-10-15(3)4)17(6)18-13-16(5)7-8-19(18)21/h7-8,13-15,17,21H,9-12H2,1-6H3. The molecule has 0 aliphatic rings. The number of aryl methyl sites for hydroxylation is 1. The van der Waals surface area contributed by atoms with Gasteiger partial charge in [0.2, 0.25) is 0 Å². The molecular formula is C19H33NO. The average Bonchev–Trinajstić information content (AvgIpc) is 2.40. The van der Waals surface area contributed by atoms with Gasteiger partial charge in [0.15, 0.2) is 0 Å². The summed E-state index contributed by atoms with van der Waals surface area (Å²) in [6.45, 7) is 15.6. The molecule has 1 aromatic rings. The van der Waals surface area contributed by atoms with Crippen LogP contribution in [0, 0.1) is 18.8 Å². The second-order valence-electron chi connectivity index (χ2n) is 7.14. The van der Waals surface area contributed by atoms with Crippen LogP contribution < -0.4 is 0 Å². The highest BCUT2D eigenvalue weighted by atomic mass is 16.3. The molecule has 0 aliphatic heterocycles. The van der Waals surface area contributed by atoms with E-state index < -0.39 is 0 Å². The van der Waals surface area contributed by atoms with E-state index in [2.05, 4.69) is 52.5 Å². The summed E-state index contributed by atoms with van der Waals surface area (Å²) in [6, 6.07) is 6.18. The number of aromatic hydroxyl groups is 1. The van der Waals surface area contributed by atoms with Crippen molar-refractivity contribution in [1.82, 2.24) is 4.90 Å². The summed E-state index contributed by atoms with van der Waals surface area (Å²) < 4.78 is 0. The molecule has 0 spiro atoms. The van der Waals surface area contributed by atoms with Crippen LogP contribution in [0.5, 0.6) is 5.75 Å². The zero-order valence-electron chi connectivity index (χ0n) is 14.7. The second kappa shape index (κ2) is 8.43. The van der Waals surface area contributed by atoms with E-state index in [-0.39, 0.29) is 6.04 Å². The van der Waals surface area contributed by atoms with Crippen molar-refractivity contribution < 1.29 is 5.11 Å². The summed E-state index contributed by atoms with van der Waals surface area (Å²) in [5.74, 6) is 1.85. The molecular weight excluding hydrogens is 258 g/mol. The van der Waals surface area contributed by atoms with Crippen molar-refractivity contribution in [3.63, 3.8) is 0 Å². The molecule has 2 heteroatoms. The Bertz CT molecular complexity index is 414. The van der Waals surface area contributed by atoms with E-state index in [0.717, 1.165) is 18.7 Å². The van der Waals surface area contributed by atoms with Crippen LogP contribution in [0.15, 0.2) is 18.2 Å². The summed E-state index contributed by atoms with van der Waals surface area (Å²) in [6.07, 6.45) is 2.41. The van der Waals surface area contributed by atoms with Gasteiger partial charge in [-0.1, -0.05) is 45.4 Å². The van der Waals surface area contributed by atoms with Gasteiger partial charge in [-0.25, -0.2) is 0 Å². The third kappa shape index (κ3) is 6.09.